The maximum Gasteiger partial charge on any atom is 0.409 e. The number of pyridine rings is 1. The first kappa shape index (κ1) is 24.0. The highest BCUT2D eigenvalue weighted by molar-refractivity contribution is 14.0. The van der Waals surface area contributed by atoms with Crippen molar-refractivity contribution in [1.82, 2.24) is 20.5 Å². The molecule has 3 N–H and O–H groups in total. The lowest BCUT2D eigenvalue weighted by Gasteiger charge is -2.32. The van der Waals surface area contributed by atoms with Crippen LogP contribution in [0.25, 0.3) is 10.9 Å². The van der Waals surface area contributed by atoms with E-state index in [-0.39, 0.29) is 30.1 Å². The summed E-state index contributed by atoms with van der Waals surface area (Å²) in [5.41, 5.74) is 0.983. The zero-order chi connectivity index (χ0) is 20.5. The number of halogens is 1. The molecule has 1 amide bonds. The molecule has 0 aliphatic carbocycles. The Hall–Kier alpha value is -2.30. The van der Waals surface area contributed by atoms with E-state index in [0.29, 0.717) is 25.7 Å². The number of nitrogens with zero attached hydrogens (tertiary/aromatic N) is 3. The maximum atomic E-state index is 11.8. The number of ether oxygens (including phenoxy) is 1. The summed E-state index contributed by atoms with van der Waals surface area (Å²) >= 11 is 0. The van der Waals surface area contributed by atoms with Crippen LogP contribution in [0.4, 0.5) is 10.6 Å². The van der Waals surface area contributed by atoms with E-state index in [0.717, 1.165) is 48.6 Å². The lowest BCUT2D eigenvalue weighted by atomic mass is 10.1. The molecule has 30 heavy (non-hydrogen) atoms. The van der Waals surface area contributed by atoms with Gasteiger partial charge in [0.05, 0.1) is 12.1 Å². The van der Waals surface area contributed by atoms with E-state index < -0.39 is 0 Å². The van der Waals surface area contributed by atoms with Crippen molar-refractivity contribution in [1.29, 1.82) is 0 Å². The van der Waals surface area contributed by atoms with Crippen molar-refractivity contribution in [2.45, 2.75) is 25.8 Å². The number of para-hydroxylation sites is 1. The lowest BCUT2D eigenvalue weighted by Crippen LogP contribution is -2.50. The van der Waals surface area contributed by atoms with Gasteiger partial charge in [0.2, 0.25) is 0 Å². The molecule has 1 aliphatic rings. The average Bonchev–Trinajstić information content (AvgIpc) is 2.76. The minimum Gasteiger partial charge on any atom is -0.450 e. The van der Waals surface area contributed by atoms with Gasteiger partial charge in [-0.3, -0.25) is 4.99 Å². The molecule has 8 nitrogen and oxygen atoms in total. The van der Waals surface area contributed by atoms with E-state index in [1.807, 2.05) is 31.2 Å². The smallest absolute Gasteiger partial charge is 0.409 e. The molecule has 1 aromatic heterocycles. The highest BCUT2D eigenvalue weighted by Crippen LogP contribution is 2.14. The van der Waals surface area contributed by atoms with Gasteiger partial charge in [-0.05, 0) is 38.0 Å². The van der Waals surface area contributed by atoms with Crippen molar-refractivity contribution >= 4 is 52.8 Å². The molecule has 0 atom stereocenters. The Bertz CT molecular complexity index is 839. The molecule has 0 bridgehead atoms. The van der Waals surface area contributed by atoms with E-state index in [1.54, 1.807) is 11.9 Å². The van der Waals surface area contributed by atoms with E-state index in [2.05, 4.69) is 38.1 Å². The fourth-order valence-corrected chi connectivity index (χ4v) is 3.35. The van der Waals surface area contributed by atoms with Crippen LogP contribution in [-0.2, 0) is 4.74 Å². The van der Waals surface area contributed by atoms with Crippen LogP contribution in [0, 0.1) is 0 Å². The topological polar surface area (TPSA) is 90.9 Å². The van der Waals surface area contributed by atoms with Crippen molar-refractivity contribution in [3.63, 3.8) is 0 Å². The van der Waals surface area contributed by atoms with E-state index in [4.69, 9.17) is 4.74 Å². The summed E-state index contributed by atoms with van der Waals surface area (Å²) in [6.07, 6.45) is 1.53. The standard InChI is InChI=1S/C21H30N6O2.HI/c1-3-29-21(28)27-14-10-17(11-15-27)25-20(22-2)24-13-12-23-19-9-8-16-6-4-5-7-18(16)26-19;/h4-9,17H,3,10-15H2,1-2H3,(H,23,26)(H2,22,24,25);1H. The Balaban J connectivity index is 0.00000320. The van der Waals surface area contributed by atoms with Crippen LogP contribution in [-0.4, -0.2) is 67.8 Å². The molecule has 0 saturated carbocycles. The van der Waals surface area contributed by atoms with Gasteiger partial charge in [0.15, 0.2) is 5.96 Å². The quantitative estimate of drug-likeness (QED) is 0.232. The first-order chi connectivity index (χ1) is 14.2. The molecule has 0 spiro atoms. The number of carbonyl (C=O) groups is 1. The zero-order valence-electron chi connectivity index (χ0n) is 17.6. The van der Waals surface area contributed by atoms with Crippen LogP contribution >= 0.6 is 24.0 Å². The number of piperidine rings is 1. The number of rotatable bonds is 6. The van der Waals surface area contributed by atoms with E-state index >= 15 is 0 Å². The molecule has 2 heterocycles. The normalized spacial score (nSPS) is 14.7. The summed E-state index contributed by atoms with van der Waals surface area (Å²) in [7, 11) is 1.77. The third kappa shape index (κ3) is 6.89. The van der Waals surface area contributed by atoms with Crippen molar-refractivity contribution in [2.24, 2.45) is 4.99 Å². The number of anilines is 1. The molecule has 9 heteroatoms. The molecule has 3 rings (SSSR count). The Labute approximate surface area is 194 Å². The molecule has 0 radical (unpaired) electrons. The third-order valence-electron chi connectivity index (χ3n) is 4.91. The van der Waals surface area contributed by atoms with Gasteiger partial charge in [0, 0.05) is 44.7 Å². The van der Waals surface area contributed by atoms with Crippen LogP contribution in [0.2, 0.25) is 0 Å². The van der Waals surface area contributed by atoms with E-state index in [1.165, 1.54) is 0 Å². The Morgan fingerprint density at radius 3 is 2.70 bits per heavy atom. The van der Waals surface area contributed by atoms with Gasteiger partial charge in [-0.2, -0.15) is 0 Å². The van der Waals surface area contributed by atoms with Gasteiger partial charge < -0.3 is 25.6 Å². The summed E-state index contributed by atoms with van der Waals surface area (Å²) in [6, 6.07) is 12.4. The number of aromatic nitrogens is 1. The molecular weight excluding hydrogens is 495 g/mol. The predicted octanol–water partition coefficient (Wildman–Crippen LogP) is 3.05. The van der Waals surface area contributed by atoms with Crippen LogP contribution < -0.4 is 16.0 Å². The second-order valence-corrected chi connectivity index (χ2v) is 6.92. The number of hydrogen-bond acceptors (Lipinski definition) is 5. The molecule has 1 fully saturated rings. The minimum absolute atomic E-state index is 0. The fourth-order valence-electron chi connectivity index (χ4n) is 3.35. The molecule has 2 aromatic rings. The average molecular weight is 526 g/mol. The largest absolute Gasteiger partial charge is 0.450 e. The number of benzene rings is 1. The third-order valence-corrected chi connectivity index (χ3v) is 4.91. The van der Waals surface area contributed by atoms with Gasteiger partial charge in [0.1, 0.15) is 5.82 Å². The Morgan fingerprint density at radius 2 is 1.97 bits per heavy atom. The van der Waals surface area contributed by atoms with Crippen LogP contribution in [0.15, 0.2) is 41.4 Å². The molecule has 1 aromatic carbocycles. The van der Waals surface area contributed by atoms with Crippen molar-refractivity contribution in [3.8, 4) is 0 Å². The van der Waals surface area contributed by atoms with Gasteiger partial charge in [0.25, 0.3) is 0 Å². The van der Waals surface area contributed by atoms with E-state index in [9.17, 15) is 4.79 Å². The number of aliphatic imine (C=N–C) groups is 1. The molecule has 1 aliphatic heterocycles. The summed E-state index contributed by atoms with van der Waals surface area (Å²) in [5, 5.41) is 11.2. The summed E-state index contributed by atoms with van der Waals surface area (Å²) in [4.78, 5) is 22.5. The van der Waals surface area contributed by atoms with Crippen LogP contribution in [0.3, 0.4) is 0 Å². The Morgan fingerprint density at radius 1 is 1.20 bits per heavy atom. The van der Waals surface area contributed by atoms with Gasteiger partial charge in [-0.25, -0.2) is 9.78 Å². The maximum absolute atomic E-state index is 11.8. The highest BCUT2D eigenvalue weighted by atomic mass is 127. The summed E-state index contributed by atoms with van der Waals surface area (Å²) in [5.74, 6) is 1.63. The number of amides is 1. The number of nitrogens with one attached hydrogen (secondary N) is 3. The highest BCUT2D eigenvalue weighted by Gasteiger charge is 2.23. The first-order valence-corrected chi connectivity index (χ1v) is 10.2. The zero-order valence-corrected chi connectivity index (χ0v) is 19.9. The van der Waals surface area contributed by atoms with Crippen molar-refractivity contribution in [3.05, 3.63) is 36.4 Å². The number of likely N-dealkylation sites (tertiary alicyclic amines) is 1. The Kier molecular flexibility index (Phi) is 9.92. The fraction of sp³-hybridized carbons (Fsp3) is 0.476. The number of guanidine groups is 1. The van der Waals surface area contributed by atoms with Crippen LogP contribution in [0.1, 0.15) is 19.8 Å². The van der Waals surface area contributed by atoms with Crippen LogP contribution in [0.5, 0.6) is 0 Å². The SMILES string of the molecule is CCOC(=O)N1CCC(NC(=NC)NCCNc2ccc3ccccc3n2)CC1.I. The van der Waals surface area contributed by atoms with Crippen molar-refractivity contribution in [2.75, 3.05) is 45.2 Å². The predicted molar refractivity (Wildman–Crippen MR) is 132 cm³/mol. The minimum atomic E-state index is -0.221. The second-order valence-electron chi connectivity index (χ2n) is 6.92. The summed E-state index contributed by atoms with van der Waals surface area (Å²) < 4.78 is 5.06. The monoisotopic (exact) mass is 526 g/mol. The molecular formula is C21H31IN6O2. The molecule has 164 valence electrons. The number of fused-ring (bicyclic) bond motifs is 1. The van der Waals surface area contributed by atoms with Gasteiger partial charge >= 0.3 is 6.09 Å². The number of carbonyl (C=O) groups excluding carboxylic acids is 1. The summed E-state index contributed by atoms with van der Waals surface area (Å²) in [6.45, 7) is 5.08. The van der Waals surface area contributed by atoms with Gasteiger partial charge in [-0.1, -0.05) is 18.2 Å². The molecule has 1 saturated heterocycles. The van der Waals surface area contributed by atoms with Gasteiger partial charge in [-0.15, -0.1) is 24.0 Å². The lowest BCUT2D eigenvalue weighted by molar-refractivity contribution is 0.0963. The number of hydrogen-bond donors (Lipinski definition) is 3. The second kappa shape index (κ2) is 12.4. The first-order valence-electron chi connectivity index (χ1n) is 10.2. The van der Waals surface area contributed by atoms with Crippen molar-refractivity contribution < 1.29 is 9.53 Å². The molecule has 0 unspecified atom stereocenters.